The van der Waals surface area contributed by atoms with E-state index in [0.717, 1.165) is 37.6 Å². The number of nitrogens with two attached hydrogens (primary N) is 1. The predicted molar refractivity (Wildman–Crippen MR) is 129 cm³/mol. The highest BCUT2D eigenvalue weighted by Crippen LogP contribution is 2.28. The van der Waals surface area contributed by atoms with Gasteiger partial charge in [0.1, 0.15) is 22.8 Å². The van der Waals surface area contributed by atoms with E-state index in [-0.39, 0.29) is 17.3 Å². The first kappa shape index (κ1) is 22.3. The van der Waals surface area contributed by atoms with Crippen molar-refractivity contribution in [2.75, 3.05) is 43.4 Å². The monoisotopic (exact) mass is 483 g/mol. The average Bonchev–Trinajstić information content (AvgIpc) is 3.24. The molecular weight excluding hydrogens is 461 g/mol. The number of benzene rings is 1. The molecule has 176 valence electrons. The van der Waals surface area contributed by atoms with Crippen LogP contribution in [0.5, 0.6) is 0 Å². The fraction of sp³-hybridized carbons (Fsp3) is 0.304. The minimum Gasteiger partial charge on any atom is -0.460 e. The summed E-state index contributed by atoms with van der Waals surface area (Å²) in [4.78, 5) is 30.0. The second-order valence-electron chi connectivity index (χ2n) is 8.19. The van der Waals surface area contributed by atoms with E-state index in [1.54, 1.807) is 16.7 Å². The highest BCUT2D eigenvalue weighted by molar-refractivity contribution is 6.33. The molecular formula is C23H23ClFN7O2. The highest BCUT2D eigenvalue weighted by atomic mass is 35.5. The number of piperazine rings is 1. The van der Waals surface area contributed by atoms with Gasteiger partial charge >= 0.3 is 0 Å². The summed E-state index contributed by atoms with van der Waals surface area (Å²) >= 11 is 6.22. The molecule has 0 saturated carbocycles. The van der Waals surface area contributed by atoms with Gasteiger partial charge < -0.3 is 15.1 Å². The van der Waals surface area contributed by atoms with Crippen molar-refractivity contribution in [3.8, 4) is 11.5 Å². The van der Waals surface area contributed by atoms with Crippen LogP contribution in [0.1, 0.15) is 5.76 Å². The fourth-order valence-corrected chi connectivity index (χ4v) is 4.49. The minimum atomic E-state index is -0.350. The van der Waals surface area contributed by atoms with Gasteiger partial charge in [-0.3, -0.25) is 14.3 Å². The maximum Gasteiger partial charge on any atom is 0.270 e. The normalized spacial score (nSPS) is 14.7. The molecule has 0 aliphatic carbocycles. The van der Waals surface area contributed by atoms with Crippen LogP contribution in [0.25, 0.3) is 22.6 Å². The summed E-state index contributed by atoms with van der Waals surface area (Å²) in [5, 5.41) is 0.406. The molecule has 9 nitrogen and oxygen atoms in total. The molecule has 0 atom stereocenters. The molecule has 34 heavy (non-hydrogen) atoms. The smallest absolute Gasteiger partial charge is 0.270 e. The van der Waals surface area contributed by atoms with Gasteiger partial charge in [0.2, 0.25) is 5.95 Å². The van der Waals surface area contributed by atoms with Gasteiger partial charge in [0.05, 0.1) is 16.9 Å². The molecule has 4 aromatic rings. The average molecular weight is 484 g/mol. The number of aryl methyl sites for hydroxylation is 1. The van der Waals surface area contributed by atoms with E-state index in [0.29, 0.717) is 40.7 Å². The van der Waals surface area contributed by atoms with Crippen LogP contribution in [-0.2, 0) is 6.54 Å². The zero-order valence-corrected chi connectivity index (χ0v) is 19.3. The molecule has 1 aliphatic rings. The summed E-state index contributed by atoms with van der Waals surface area (Å²) < 4.78 is 20.6. The maximum absolute atomic E-state index is 13.4. The van der Waals surface area contributed by atoms with Crippen LogP contribution in [0.4, 0.5) is 16.0 Å². The third-order valence-electron chi connectivity index (χ3n) is 5.94. The minimum absolute atomic E-state index is 0.0440. The molecule has 0 amide bonds. The van der Waals surface area contributed by atoms with Crippen LogP contribution < -0.4 is 16.2 Å². The van der Waals surface area contributed by atoms with E-state index in [1.807, 2.05) is 13.0 Å². The Kier molecular flexibility index (Phi) is 5.93. The molecule has 1 aliphatic heterocycles. The van der Waals surface area contributed by atoms with Crippen molar-refractivity contribution < 1.29 is 8.81 Å². The lowest BCUT2D eigenvalue weighted by atomic mass is 10.2. The standard InChI is InChI=1S/C23H23ClFN7O2/c1-14-2-5-18(34-14)20-21-22(29-23(26)28-20)32(19(33)13-27-21)11-8-30-6-9-31(10-7-30)17-4-3-15(25)12-16(17)24/h2-5,12-13H,6-11H2,1H3,(H2,26,28,29). The van der Waals surface area contributed by atoms with E-state index in [2.05, 4.69) is 24.8 Å². The van der Waals surface area contributed by atoms with Crippen molar-refractivity contribution in [2.45, 2.75) is 13.5 Å². The molecule has 3 aromatic heterocycles. The Morgan fingerprint density at radius 2 is 1.91 bits per heavy atom. The molecule has 1 aromatic carbocycles. The van der Waals surface area contributed by atoms with Crippen LogP contribution in [0.15, 0.2) is 45.7 Å². The van der Waals surface area contributed by atoms with Crippen molar-refractivity contribution in [2.24, 2.45) is 0 Å². The van der Waals surface area contributed by atoms with Crippen LogP contribution >= 0.6 is 11.6 Å². The van der Waals surface area contributed by atoms with Crippen molar-refractivity contribution in [1.82, 2.24) is 24.4 Å². The zero-order chi connectivity index (χ0) is 23.8. The number of aromatic nitrogens is 4. The molecule has 11 heteroatoms. The van der Waals surface area contributed by atoms with Crippen molar-refractivity contribution in [3.63, 3.8) is 0 Å². The second-order valence-corrected chi connectivity index (χ2v) is 8.59. The number of halogens is 2. The molecule has 5 rings (SSSR count). The quantitative estimate of drug-likeness (QED) is 0.462. The Labute approximate surface area is 199 Å². The number of nitrogens with zero attached hydrogens (tertiary/aromatic N) is 6. The summed E-state index contributed by atoms with van der Waals surface area (Å²) in [6, 6.07) is 8.07. The SMILES string of the molecule is Cc1ccc(-c2nc(N)nc3c2ncc(=O)n3CCN2CCN(c3ccc(F)cc3Cl)CC2)o1. The van der Waals surface area contributed by atoms with E-state index < -0.39 is 0 Å². The van der Waals surface area contributed by atoms with Gasteiger partial charge in [-0.2, -0.15) is 4.98 Å². The maximum atomic E-state index is 13.4. The molecule has 0 spiro atoms. The first-order chi connectivity index (χ1) is 16.4. The Balaban J connectivity index is 1.34. The van der Waals surface area contributed by atoms with Gasteiger partial charge in [-0.1, -0.05) is 11.6 Å². The molecule has 1 saturated heterocycles. The van der Waals surface area contributed by atoms with Crippen LogP contribution in [0, 0.1) is 12.7 Å². The number of furan rings is 1. The van der Waals surface area contributed by atoms with Crippen molar-refractivity contribution >= 4 is 34.4 Å². The zero-order valence-electron chi connectivity index (χ0n) is 18.5. The number of hydrogen-bond donors (Lipinski definition) is 1. The summed E-state index contributed by atoms with van der Waals surface area (Å²) in [5.41, 5.74) is 7.81. The summed E-state index contributed by atoms with van der Waals surface area (Å²) in [5.74, 6) is 0.944. The fourth-order valence-electron chi connectivity index (χ4n) is 4.20. The number of fused-ring (bicyclic) bond motifs is 1. The topological polar surface area (TPSA) is 106 Å². The number of nitrogen functional groups attached to an aromatic ring is 1. The van der Waals surface area contributed by atoms with E-state index >= 15 is 0 Å². The molecule has 0 bridgehead atoms. The lowest BCUT2D eigenvalue weighted by Crippen LogP contribution is -2.47. The first-order valence-electron chi connectivity index (χ1n) is 10.9. The highest BCUT2D eigenvalue weighted by Gasteiger charge is 2.21. The van der Waals surface area contributed by atoms with Gasteiger partial charge in [0.25, 0.3) is 5.56 Å². The lowest BCUT2D eigenvalue weighted by Gasteiger charge is -2.36. The predicted octanol–water partition coefficient (Wildman–Crippen LogP) is 2.95. The molecule has 4 heterocycles. The summed E-state index contributed by atoms with van der Waals surface area (Å²) in [7, 11) is 0. The van der Waals surface area contributed by atoms with Crippen LogP contribution in [0.2, 0.25) is 5.02 Å². The number of rotatable bonds is 5. The van der Waals surface area contributed by atoms with E-state index in [4.69, 9.17) is 21.8 Å². The van der Waals surface area contributed by atoms with Crippen LogP contribution in [-0.4, -0.2) is 57.1 Å². The Morgan fingerprint density at radius 3 is 2.62 bits per heavy atom. The molecule has 0 unspecified atom stereocenters. The van der Waals surface area contributed by atoms with E-state index in [9.17, 15) is 9.18 Å². The van der Waals surface area contributed by atoms with Crippen molar-refractivity contribution in [1.29, 1.82) is 0 Å². The van der Waals surface area contributed by atoms with E-state index in [1.165, 1.54) is 18.3 Å². The van der Waals surface area contributed by atoms with Crippen molar-refractivity contribution in [3.05, 3.63) is 63.5 Å². The van der Waals surface area contributed by atoms with Gasteiger partial charge in [-0.25, -0.2) is 14.4 Å². The largest absolute Gasteiger partial charge is 0.460 e. The van der Waals surface area contributed by atoms with Gasteiger partial charge in [0.15, 0.2) is 11.4 Å². The third-order valence-corrected chi connectivity index (χ3v) is 6.25. The third kappa shape index (κ3) is 4.34. The molecule has 0 radical (unpaired) electrons. The molecule has 2 N–H and O–H groups in total. The lowest BCUT2D eigenvalue weighted by molar-refractivity contribution is 0.248. The van der Waals surface area contributed by atoms with Gasteiger partial charge in [0, 0.05) is 39.3 Å². The number of anilines is 2. The van der Waals surface area contributed by atoms with Crippen LogP contribution in [0.3, 0.4) is 0 Å². The summed E-state index contributed by atoms with van der Waals surface area (Å²) in [6.07, 6.45) is 1.27. The van der Waals surface area contributed by atoms with Gasteiger partial charge in [-0.05, 0) is 37.3 Å². The Hall–Kier alpha value is -3.50. The number of hydrogen-bond acceptors (Lipinski definition) is 8. The summed E-state index contributed by atoms with van der Waals surface area (Å²) in [6.45, 7) is 5.94. The Bertz CT molecular complexity index is 1410. The second kappa shape index (κ2) is 9.03. The molecule has 1 fully saturated rings. The first-order valence-corrected chi connectivity index (χ1v) is 11.3. The Morgan fingerprint density at radius 1 is 1.12 bits per heavy atom. The van der Waals surface area contributed by atoms with Gasteiger partial charge in [-0.15, -0.1) is 0 Å².